The van der Waals surface area contributed by atoms with Crippen LogP contribution in [0.3, 0.4) is 0 Å². The van der Waals surface area contributed by atoms with Crippen molar-refractivity contribution in [1.82, 2.24) is 5.32 Å². The number of furan rings is 1. The Kier molecular flexibility index (Phi) is 10.3. The number of nitrogen functional groups attached to an aromatic ring is 1. The van der Waals surface area contributed by atoms with Crippen molar-refractivity contribution in [3.8, 4) is 5.75 Å². The summed E-state index contributed by atoms with van der Waals surface area (Å²) in [5.74, 6) is -0.813. The minimum Gasteiger partial charge on any atom is -0.481 e. The van der Waals surface area contributed by atoms with Crippen LogP contribution in [0.25, 0.3) is 10.8 Å². The normalized spacial score (nSPS) is 10.4. The van der Waals surface area contributed by atoms with Crippen molar-refractivity contribution in [3.05, 3.63) is 65.6 Å². The number of carboxylic acid groups (broad SMARTS) is 1. The summed E-state index contributed by atoms with van der Waals surface area (Å²) in [6.45, 7) is 0.152. The largest absolute Gasteiger partial charge is 0.481 e. The molecule has 3 rings (SSSR count). The molecule has 0 unspecified atom stereocenters. The molecule has 1 heterocycles. The number of halogens is 1. The highest BCUT2D eigenvalue weighted by molar-refractivity contribution is 5.99. The number of carbonyl (C=O) groups excluding carboxylic acids is 2. The molecule has 2 aromatic carbocycles. The van der Waals surface area contributed by atoms with Gasteiger partial charge in [0.1, 0.15) is 17.3 Å². The van der Waals surface area contributed by atoms with E-state index in [0.29, 0.717) is 36.3 Å². The highest BCUT2D eigenvalue weighted by Gasteiger charge is 2.15. The first kappa shape index (κ1) is 27.4. The van der Waals surface area contributed by atoms with E-state index in [2.05, 4.69) is 5.32 Å². The average Bonchev–Trinajstić information content (AvgIpc) is 3.28. The lowest BCUT2D eigenvalue weighted by Gasteiger charge is -2.06. The predicted octanol–water partition coefficient (Wildman–Crippen LogP) is 4.40. The van der Waals surface area contributed by atoms with Crippen molar-refractivity contribution in [1.29, 1.82) is 5.41 Å². The van der Waals surface area contributed by atoms with Gasteiger partial charge in [-0.05, 0) is 53.9 Å². The van der Waals surface area contributed by atoms with Crippen LogP contribution >= 0.6 is 12.4 Å². The molecule has 0 bridgehead atoms. The van der Waals surface area contributed by atoms with Crippen LogP contribution in [0.1, 0.15) is 60.4 Å². The van der Waals surface area contributed by atoms with Crippen molar-refractivity contribution < 1.29 is 28.6 Å². The molecule has 0 aliphatic heterocycles. The standard InChI is InChI=1S/C25H27N3O6.ClH/c26-24(27)18-8-7-17-14-19(10-9-16(17)13-18)34-25(32)21-12-11-20(33-21)15-28-22(29)5-3-1-2-4-6-23(30)31;/h7-14H,1-6,15H2,(H3,26,27)(H,28,29)(H,30,31);1H. The first-order chi connectivity index (χ1) is 16.3. The third kappa shape index (κ3) is 8.46. The van der Waals surface area contributed by atoms with Crippen LogP contribution in [0.15, 0.2) is 52.9 Å². The maximum Gasteiger partial charge on any atom is 0.379 e. The van der Waals surface area contributed by atoms with E-state index in [1.807, 2.05) is 0 Å². The molecule has 0 saturated carbocycles. The Morgan fingerprint density at radius 2 is 1.63 bits per heavy atom. The SMILES string of the molecule is Cl.N=C(N)c1ccc2cc(OC(=O)c3ccc(CNC(=O)CCCCCCC(=O)O)o3)ccc2c1. The van der Waals surface area contributed by atoms with Gasteiger partial charge in [0.2, 0.25) is 11.7 Å². The van der Waals surface area contributed by atoms with Crippen LogP contribution in [0.2, 0.25) is 0 Å². The fraction of sp³-hybridized carbons (Fsp3) is 0.280. The van der Waals surface area contributed by atoms with Gasteiger partial charge in [0, 0.05) is 18.4 Å². The molecule has 0 saturated heterocycles. The number of carbonyl (C=O) groups is 3. The number of hydrogen-bond acceptors (Lipinski definition) is 6. The molecule has 1 amide bonds. The number of hydrogen-bond donors (Lipinski definition) is 4. The number of rotatable bonds is 12. The van der Waals surface area contributed by atoms with E-state index in [9.17, 15) is 14.4 Å². The Bertz CT molecular complexity index is 1210. The molecule has 0 radical (unpaired) electrons. The summed E-state index contributed by atoms with van der Waals surface area (Å²) in [5.41, 5.74) is 6.13. The predicted molar refractivity (Wildman–Crippen MR) is 133 cm³/mol. The number of esters is 1. The number of fused-ring (bicyclic) bond motifs is 1. The van der Waals surface area contributed by atoms with Gasteiger partial charge in [-0.3, -0.25) is 15.0 Å². The van der Waals surface area contributed by atoms with Crippen LogP contribution in [0.5, 0.6) is 5.75 Å². The Labute approximate surface area is 208 Å². The van der Waals surface area contributed by atoms with Gasteiger partial charge in [-0.2, -0.15) is 0 Å². The molecule has 0 fully saturated rings. The lowest BCUT2D eigenvalue weighted by molar-refractivity contribution is -0.137. The topological polar surface area (TPSA) is 156 Å². The van der Waals surface area contributed by atoms with E-state index in [4.69, 9.17) is 25.4 Å². The Balaban J connectivity index is 0.00000432. The van der Waals surface area contributed by atoms with Gasteiger partial charge in [-0.1, -0.05) is 31.0 Å². The van der Waals surface area contributed by atoms with Crippen molar-refractivity contribution in [3.63, 3.8) is 0 Å². The molecule has 5 N–H and O–H groups in total. The molecular formula is C25H28ClN3O6. The molecule has 0 aliphatic carbocycles. The summed E-state index contributed by atoms with van der Waals surface area (Å²) in [5, 5.41) is 20.6. The lowest BCUT2D eigenvalue weighted by atomic mass is 10.1. The Morgan fingerprint density at radius 3 is 2.34 bits per heavy atom. The number of ether oxygens (including phenoxy) is 1. The number of aliphatic carboxylic acids is 1. The van der Waals surface area contributed by atoms with Gasteiger partial charge < -0.3 is 25.3 Å². The van der Waals surface area contributed by atoms with E-state index < -0.39 is 11.9 Å². The van der Waals surface area contributed by atoms with Crippen LogP contribution in [0.4, 0.5) is 0 Å². The molecular weight excluding hydrogens is 474 g/mol. The summed E-state index contributed by atoms with van der Waals surface area (Å²) >= 11 is 0. The third-order valence-corrected chi connectivity index (χ3v) is 5.20. The van der Waals surface area contributed by atoms with Crippen molar-refractivity contribution in [2.24, 2.45) is 5.73 Å². The highest BCUT2D eigenvalue weighted by atomic mass is 35.5. The fourth-order valence-corrected chi connectivity index (χ4v) is 3.38. The van der Waals surface area contributed by atoms with Gasteiger partial charge in [0.25, 0.3) is 0 Å². The Hall–Kier alpha value is -3.85. The van der Waals surface area contributed by atoms with Crippen molar-refractivity contribution in [2.45, 2.75) is 45.1 Å². The second kappa shape index (κ2) is 13.1. The van der Waals surface area contributed by atoms with E-state index in [-0.39, 0.29) is 42.9 Å². The lowest BCUT2D eigenvalue weighted by Crippen LogP contribution is -2.22. The maximum absolute atomic E-state index is 12.4. The molecule has 10 heteroatoms. The van der Waals surface area contributed by atoms with Crippen LogP contribution in [-0.4, -0.2) is 28.8 Å². The summed E-state index contributed by atoms with van der Waals surface area (Å²) < 4.78 is 10.9. The molecule has 35 heavy (non-hydrogen) atoms. The molecule has 3 aromatic rings. The van der Waals surface area contributed by atoms with Crippen LogP contribution < -0.4 is 15.8 Å². The summed E-state index contributed by atoms with van der Waals surface area (Å²) in [4.78, 5) is 34.8. The minimum atomic E-state index is -0.805. The monoisotopic (exact) mass is 501 g/mol. The number of amides is 1. The number of benzene rings is 2. The second-order valence-corrected chi connectivity index (χ2v) is 7.88. The Morgan fingerprint density at radius 1 is 0.943 bits per heavy atom. The maximum atomic E-state index is 12.4. The first-order valence-corrected chi connectivity index (χ1v) is 11.0. The zero-order valence-corrected chi connectivity index (χ0v) is 19.9. The van der Waals surface area contributed by atoms with E-state index in [1.165, 1.54) is 6.07 Å². The quantitative estimate of drug-likeness (QED) is 0.0941. The molecule has 186 valence electrons. The smallest absolute Gasteiger partial charge is 0.379 e. The first-order valence-electron chi connectivity index (χ1n) is 11.0. The van der Waals surface area contributed by atoms with Crippen LogP contribution in [0, 0.1) is 5.41 Å². The fourth-order valence-electron chi connectivity index (χ4n) is 3.38. The molecule has 0 aliphatic rings. The third-order valence-electron chi connectivity index (χ3n) is 5.20. The number of carboxylic acids is 1. The molecule has 0 spiro atoms. The number of nitrogens with one attached hydrogen (secondary N) is 2. The van der Waals surface area contributed by atoms with Gasteiger partial charge in [-0.25, -0.2) is 4.79 Å². The van der Waals surface area contributed by atoms with Gasteiger partial charge >= 0.3 is 11.9 Å². The molecule has 0 atom stereocenters. The number of amidine groups is 1. The van der Waals surface area contributed by atoms with Gasteiger partial charge in [0.15, 0.2) is 0 Å². The molecule has 9 nitrogen and oxygen atoms in total. The van der Waals surface area contributed by atoms with E-state index in [1.54, 1.807) is 42.5 Å². The summed E-state index contributed by atoms with van der Waals surface area (Å²) in [7, 11) is 0. The van der Waals surface area contributed by atoms with E-state index >= 15 is 0 Å². The van der Waals surface area contributed by atoms with Crippen molar-refractivity contribution in [2.75, 3.05) is 0 Å². The molecule has 1 aromatic heterocycles. The van der Waals surface area contributed by atoms with E-state index in [0.717, 1.165) is 23.6 Å². The summed E-state index contributed by atoms with van der Waals surface area (Å²) in [6, 6.07) is 13.5. The highest BCUT2D eigenvalue weighted by Crippen LogP contribution is 2.23. The number of nitrogens with two attached hydrogens (primary N) is 1. The summed E-state index contributed by atoms with van der Waals surface area (Å²) in [6.07, 6.45) is 3.37. The zero-order valence-electron chi connectivity index (χ0n) is 19.0. The zero-order chi connectivity index (χ0) is 24.5. The van der Waals surface area contributed by atoms with Crippen LogP contribution in [-0.2, 0) is 16.1 Å². The average molecular weight is 502 g/mol. The minimum absolute atomic E-state index is 0. The van der Waals surface area contributed by atoms with Gasteiger partial charge in [0.05, 0.1) is 6.54 Å². The van der Waals surface area contributed by atoms with Crippen molar-refractivity contribution >= 4 is 46.9 Å². The second-order valence-electron chi connectivity index (χ2n) is 7.88. The van der Waals surface area contributed by atoms with Gasteiger partial charge in [-0.15, -0.1) is 12.4 Å². The number of unbranched alkanes of at least 4 members (excludes halogenated alkanes) is 3.